The molecular weight excluding hydrogens is 370 g/mol. The average molecular weight is 391 g/mol. The van der Waals surface area contributed by atoms with Gasteiger partial charge in [-0.2, -0.15) is 0 Å². The zero-order valence-corrected chi connectivity index (χ0v) is 16.1. The Labute approximate surface area is 158 Å². The summed E-state index contributed by atoms with van der Waals surface area (Å²) in [5.74, 6) is -0.309. The molecule has 0 bridgehead atoms. The van der Waals surface area contributed by atoms with Crippen molar-refractivity contribution < 1.29 is 18.1 Å². The van der Waals surface area contributed by atoms with Crippen LogP contribution >= 0.6 is 0 Å². The largest absolute Gasteiger partial charge is 0.324 e. The van der Waals surface area contributed by atoms with Gasteiger partial charge in [0.15, 0.2) is 0 Å². The van der Waals surface area contributed by atoms with Crippen LogP contribution in [0.25, 0.3) is 0 Å². The molecule has 0 saturated heterocycles. The molecule has 0 saturated carbocycles. The van der Waals surface area contributed by atoms with Crippen LogP contribution in [-0.4, -0.2) is 32.0 Å². The number of sulfonamides is 1. The van der Waals surface area contributed by atoms with Crippen molar-refractivity contribution in [1.82, 2.24) is 0 Å². The third-order valence-corrected chi connectivity index (χ3v) is 5.02. The van der Waals surface area contributed by atoms with Crippen LogP contribution in [0.3, 0.4) is 0 Å². The number of hydrogen-bond acceptors (Lipinski definition) is 5. The maximum Gasteiger partial charge on any atom is 0.271 e. The highest BCUT2D eigenvalue weighted by Gasteiger charge is 2.21. The molecule has 0 aliphatic heterocycles. The van der Waals surface area contributed by atoms with E-state index in [1.54, 1.807) is 12.1 Å². The van der Waals surface area contributed by atoms with Crippen molar-refractivity contribution in [3.05, 3.63) is 64.2 Å². The number of amides is 1. The molecule has 144 valence electrons. The van der Waals surface area contributed by atoms with E-state index in [0.717, 1.165) is 16.1 Å². The minimum Gasteiger partial charge on any atom is -0.324 e. The van der Waals surface area contributed by atoms with E-state index in [2.05, 4.69) is 5.32 Å². The Kier molecular flexibility index (Phi) is 6.17. The molecule has 2 aromatic carbocycles. The standard InChI is InChI=1S/C18H21N3O5S/c1-13(2)14-7-9-16(10-8-14)20(27(3,25)26)12-18(22)19-15-5-4-6-17(11-15)21(23)24/h4-11,13H,12H2,1-3H3,(H,19,22). The van der Waals surface area contributed by atoms with Gasteiger partial charge in [0.25, 0.3) is 5.69 Å². The number of nitro groups is 1. The lowest BCUT2D eigenvalue weighted by atomic mass is 10.0. The van der Waals surface area contributed by atoms with E-state index in [1.165, 1.54) is 24.3 Å². The number of anilines is 2. The number of benzene rings is 2. The van der Waals surface area contributed by atoms with Crippen LogP contribution in [-0.2, 0) is 14.8 Å². The molecule has 2 rings (SSSR count). The second-order valence-electron chi connectivity index (χ2n) is 6.37. The van der Waals surface area contributed by atoms with Gasteiger partial charge in [-0.25, -0.2) is 8.42 Å². The molecule has 0 aromatic heterocycles. The fourth-order valence-corrected chi connectivity index (χ4v) is 3.31. The minimum atomic E-state index is -3.70. The van der Waals surface area contributed by atoms with Crippen molar-refractivity contribution in [3.8, 4) is 0 Å². The number of carbonyl (C=O) groups is 1. The Hall–Kier alpha value is -2.94. The Balaban J connectivity index is 2.20. The van der Waals surface area contributed by atoms with Gasteiger partial charge in [0.05, 0.1) is 16.9 Å². The van der Waals surface area contributed by atoms with Crippen molar-refractivity contribution in [1.29, 1.82) is 0 Å². The Morgan fingerprint density at radius 2 is 1.81 bits per heavy atom. The first kappa shape index (κ1) is 20.4. The summed E-state index contributed by atoms with van der Waals surface area (Å²) >= 11 is 0. The van der Waals surface area contributed by atoms with Crippen molar-refractivity contribution in [2.45, 2.75) is 19.8 Å². The normalized spacial score (nSPS) is 11.3. The molecule has 0 unspecified atom stereocenters. The summed E-state index contributed by atoms with van der Waals surface area (Å²) in [4.78, 5) is 22.6. The summed E-state index contributed by atoms with van der Waals surface area (Å²) in [6.45, 7) is 3.61. The van der Waals surface area contributed by atoms with E-state index in [4.69, 9.17) is 0 Å². The molecule has 8 nitrogen and oxygen atoms in total. The first-order valence-electron chi connectivity index (χ1n) is 8.20. The SMILES string of the molecule is CC(C)c1ccc(N(CC(=O)Nc2cccc([N+](=O)[O-])c2)S(C)(=O)=O)cc1. The lowest BCUT2D eigenvalue weighted by Gasteiger charge is -2.22. The number of non-ortho nitro benzene ring substituents is 1. The monoisotopic (exact) mass is 391 g/mol. The average Bonchev–Trinajstić information content (AvgIpc) is 2.59. The summed E-state index contributed by atoms with van der Waals surface area (Å²) in [6, 6.07) is 12.4. The first-order chi connectivity index (χ1) is 12.6. The number of rotatable bonds is 7. The molecule has 0 fully saturated rings. The van der Waals surface area contributed by atoms with Crippen molar-refractivity contribution >= 4 is 33.0 Å². The predicted molar refractivity (Wildman–Crippen MR) is 104 cm³/mol. The molecule has 1 N–H and O–H groups in total. The zero-order valence-electron chi connectivity index (χ0n) is 15.2. The Morgan fingerprint density at radius 3 is 2.33 bits per heavy atom. The molecule has 0 atom stereocenters. The van der Waals surface area contributed by atoms with E-state index < -0.39 is 27.4 Å². The quantitative estimate of drug-likeness (QED) is 0.576. The smallest absolute Gasteiger partial charge is 0.271 e. The molecule has 9 heteroatoms. The maximum absolute atomic E-state index is 12.3. The maximum atomic E-state index is 12.3. The second-order valence-corrected chi connectivity index (χ2v) is 8.28. The van der Waals surface area contributed by atoms with Gasteiger partial charge in [-0.1, -0.05) is 32.0 Å². The van der Waals surface area contributed by atoms with Crippen LogP contribution in [0, 0.1) is 10.1 Å². The molecule has 1 amide bonds. The first-order valence-corrected chi connectivity index (χ1v) is 10.0. The topological polar surface area (TPSA) is 110 Å². The van der Waals surface area contributed by atoms with E-state index in [9.17, 15) is 23.3 Å². The van der Waals surface area contributed by atoms with Gasteiger partial charge in [-0.05, 0) is 29.7 Å². The molecule has 0 aliphatic rings. The highest BCUT2D eigenvalue weighted by molar-refractivity contribution is 7.92. The molecule has 0 heterocycles. The fourth-order valence-electron chi connectivity index (χ4n) is 2.45. The van der Waals surface area contributed by atoms with Crippen molar-refractivity contribution in [2.75, 3.05) is 22.4 Å². The zero-order chi connectivity index (χ0) is 20.2. The van der Waals surface area contributed by atoms with Gasteiger partial charge in [-0.3, -0.25) is 19.2 Å². The molecule has 0 spiro atoms. The van der Waals surface area contributed by atoms with Crippen molar-refractivity contribution in [3.63, 3.8) is 0 Å². The van der Waals surface area contributed by atoms with Gasteiger partial charge in [0.1, 0.15) is 6.54 Å². The summed E-state index contributed by atoms with van der Waals surface area (Å²) in [6.07, 6.45) is 1.02. The predicted octanol–water partition coefficient (Wildman–Crippen LogP) is 3.12. The number of carbonyl (C=O) groups excluding carboxylic acids is 1. The van der Waals surface area contributed by atoms with Gasteiger partial charge < -0.3 is 5.32 Å². The van der Waals surface area contributed by atoms with E-state index in [-0.39, 0.29) is 11.4 Å². The summed E-state index contributed by atoms with van der Waals surface area (Å²) in [5, 5.41) is 13.3. The molecule has 0 aliphatic carbocycles. The van der Waals surface area contributed by atoms with E-state index in [1.807, 2.05) is 26.0 Å². The fraction of sp³-hybridized carbons (Fsp3) is 0.278. The van der Waals surface area contributed by atoms with E-state index in [0.29, 0.717) is 11.6 Å². The van der Waals surface area contributed by atoms with Crippen LogP contribution in [0.1, 0.15) is 25.3 Å². The van der Waals surface area contributed by atoms with Gasteiger partial charge in [0.2, 0.25) is 15.9 Å². The van der Waals surface area contributed by atoms with Crippen LogP contribution in [0.5, 0.6) is 0 Å². The van der Waals surface area contributed by atoms with Crippen LogP contribution in [0.15, 0.2) is 48.5 Å². The minimum absolute atomic E-state index is 0.169. The molecule has 2 aromatic rings. The number of nitrogens with one attached hydrogen (secondary N) is 1. The summed E-state index contributed by atoms with van der Waals surface area (Å²) in [5.41, 5.74) is 1.47. The van der Waals surface area contributed by atoms with Gasteiger partial charge in [-0.15, -0.1) is 0 Å². The third kappa shape index (κ3) is 5.52. The Morgan fingerprint density at radius 1 is 1.19 bits per heavy atom. The van der Waals surface area contributed by atoms with Gasteiger partial charge in [0, 0.05) is 17.8 Å². The third-order valence-electron chi connectivity index (χ3n) is 3.88. The van der Waals surface area contributed by atoms with E-state index >= 15 is 0 Å². The lowest BCUT2D eigenvalue weighted by molar-refractivity contribution is -0.384. The highest BCUT2D eigenvalue weighted by Crippen LogP contribution is 2.22. The highest BCUT2D eigenvalue weighted by atomic mass is 32.2. The summed E-state index contributed by atoms with van der Waals surface area (Å²) < 4.78 is 25.3. The number of nitro benzene ring substituents is 1. The van der Waals surface area contributed by atoms with Gasteiger partial charge >= 0.3 is 0 Å². The Bertz CT molecular complexity index is 940. The van der Waals surface area contributed by atoms with Crippen LogP contribution < -0.4 is 9.62 Å². The van der Waals surface area contributed by atoms with Crippen LogP contribution in [0.4, 0.5) is 17.1 Å². The molecule has 0 radical (unpaired) electrons. The number of nitrogens with zero attached hydrogens (tertiary/aromatic N) is 2. The molecular formula is C18H21N3O5S. The molecule has 27 heavy (non-hydrogen) atoms. The second kappa shape index (κ2) is 8.17. The summed E-state index contributed by atoms with van der Waals surface area (Å²) in [7, 11) is -3.70. The van der Waals surface area contributed by atoms with Crippen LogP contribution in [0.2, 0.25) is 0 Å². The lowest BCUT2D eigenvalue weighted by Crippen LogP contribution is -2.37. The number of hydrogen-bond donors (Lipinski definition) is 1. The van der Waals surface area contributed by atoms with Crippen molar-refractivity contribution in [2.24, 2.45) is 0 Å².